The van der Waals surface area contributed by atoms with E-state index < -0.39 is 22.3 Å². The van der Waals surface area contributed by atoms with Gasteiger partial charge in [0.1, 0.15) is 16.5 Å². The first kappa shape index (κ1) is 15.3. The second-order valence-corrected chi connectivity index (χ2v) is 5.08. The molecule has 0 unspecified atom stereocenters. The second kappa shape index (κ2) is 6.15. The number of amides is 1. The highest BCUT2D eigenvalue weighted by Crippen LogP contribution is 2.25. The van der Waals surface area contributed by atoms with E-state index >= 15 is 0 Å². The van der Waals surface area contributed by atoms with Crippen LogP contribution in [0.1, 0.15) is 10.4 Å². The smallest absolute Gasteiger partial charge is 0.282 e. The largest absolute Gasteiger partial charge is 0.320 e. The maximum absolute atomic E-state index is 13.2. The lowest BCUT2D eigenvalue weighted by Gasteiger charge is -2.06. The highest BCUT2D eigenvalue weighted by molar-refractivity contribution is 9.10. The third-order valence-electron chi connectivity index (χ3n) is 2.45. The Morgan fingerprint density at radius 3 is 2.76 bits per heavy atom. The molecule has 1 N–H and O–H groups in total. The van der Waals surface area contributed by atoms with Gasteiger partial charge in [-0.25, -0.2) is 9.37 Å². The maximum Gasteiger partial charge on any atom is 0.282 e. The summed E-state index contributed by atoms with van der Waals surface area (Å²) < 4.78 is 13.6. The van der Waals surface area contributed by atoms with Crippen LogP contribution in [0.25, 0.3) is 0 Å². The predicted molar refractivity (Wildman–Crippen MR) is 78.0 cm³/mol. The number of hydrogen-bond acceptors (Lipinski definition) is 4. The third kappa shape index (κ3) is 3.53. The van der Waals surface area contributed by atoms with Gasteiger partial charge in [-0.15, -0.1) is 0 Å². The zero-order valence-electron chi connectivity index (χ0n) is 10.1. The zero-order chi connectivity index (χ0) is 15.6. The number of halogens is 3. The van der Waals surface area contributed by atoms with Crippen LogP contribution in [-0.4, -0.2) is 15.8 Å². The molecule has 108 valence electrons. The minimum absolute atomic E-state index is 0.199. The minimum atomic E-state index is -0.822. The number of carbonyl (C=O) groups is 1. The number of pyridine rings is 1. The molecule has 0 aliphatic rings. The van der Waals surface area contributed by atoms with Gasteiger partial charge in [-0.3, -0.25) is 14.9 Å². The summed E-state index contributed by atoms with van der Waals surface area (Å²) in [6, 6.07) is 4.11. The summed E-state index contributed by atoms with van der Waals surface area (Å²) in [6.07, 6.45) is 1.27. The average Bonchev–Trinajstić information content (AvgIpc) is 2.42. The van der Waals surface area contributed by atoms with E-state index in [4.69, 9.17) is 11.6 Å². The van der Waals surface area contributed by atoms with Crippen molar-refractivity contribution in [3.05, 3.63) is 61.6 Å². The van der Waals surface area contributed by atoms with Gasteiger partial charge in [0, 0.05) is 6.07 Å². The molecule has 0 radical (unpaired) electrons. The number of rotatable bonds is 3. The SMILES string of the molecule is O=C(Nc1cnc(Cl)c(Br)c1)c1cc(F)ccc1[N+](=O)[O-]. The molecule has 0 aliphatic heterocycles. The number of aromatic nitrogens is 1. The number of nitrogens with one attached hydrogen (secondary N) is 1. The number of anilines is 1. The summed E-state index contributed by atoms with van der Waals surface area (Å²) in [4.78, 5) is 25.9. The number of carbonyl (C=O) groups excluding carboxylic acids is 1. The van der Waals surface area contributed by atoms with Crippen molar-refractivity contribution >= 4 is 44.8 Å². The van der Waals surface area contributed by atoms with Crippen LogP contribution >= 0.6 is 27.5 Å². The Morgan fingerprint density at radius 2 is 2.14 bits per heavy atom. The maximum atomic E-state index is 13.2. The van der Waals surface area contributed by atoms with Gasteiger partial charge in [0.25, 0.3) is 11.6 Å². The van der Waals surface area contributed by atoms with Crippen LogP contribution in [0.15, 0.2) is 34.9 Å². The van der Waals surface area contributed by atoms with Crippen LogP contribution in [0.3, 0.4) is 0 Å². The van der Waals surface area contributed by atoms with Gasteiger partial charge in [-0.1, -0.05) is 11.6 Å². The van der Waals surface area contributed by atoms with Crippen molar-refractivity contribution in [1.29, 1.82) is 0 Å². The summed E-state index contributed by atoms with van der Waals surface area (Å²) >= 11 is 8.84. The van der Waals surface area contributed by atoms with Crippen molar-refractivity contribution in [1.82, 2.24) is 4.98 Å². The summed E-state index contributed by atoms with van der Waals surface area (Å²) in [7, 11) is 0. The summed E-state index contributed by atoms with van der Waals surface area (Å²) in [5, 5.41) is 13.4. The molecule has 0 saturated carbocycles. The van der Waals surface area contributed by atoms with Crippen LogP contribution in [0, 0.1) is 15.9 Å². The molecule has 0 atom stereocenters. The van der Waals surface area contributed by atoms with Gasteiger partial charge >= 0.3 is 0 Å². The number of hydrogen-bond donors (Lipinski definition) is 1. The molecular formula is C12H6BrClFN3O3. The Labute approximate surface area is 131 Å². The van der Waals surface area contributed by atoms with Gasteiger partial charge in [-0.05, 0) is 34.1 Å². The highest BCUT2D eigenvalue weighted by Gasteiger charge is 2.21. The molecule has 1 aromatic heterocycles. The van der Waals surface area contributed by atoms with Crippen molar-refractivity contribution in [2.24, 2.45) is 0 Å². The molecule has 6 nitrogen and oxygen atoms in total. The van der Waals surface area contributed by atoms with Crippen LogP contribution < -0.4 is 5.32 Å². The number of benzene rings is 1. The molecule has 0 fully saturated rings. The molecule has 1 aromatic carbocycles. The van der Waals surface area contributed by atoms with Crippen LogP contribution in [-0.2, 0) is 0 Å². The minimum Gasteiger partial charge on any atom is -0.320 e. The topological polar surface area (TPSA) is 85.1 Å². The molecule has 9 heteroatoms. The van der Waals surface area contributed by atoms with E-state index in [2.05, 4.69) is 26.2 Å². The Morgan fingerprint density at radius 1 is 1.43 bits per heavy atom. The first-order valence-corrected chi connectivity index (χ1v) is 6.62. The van der Waals surface area contributed by atoms with Gasteiger partial charge in [0.15, 0.2) is 0 Å². The van der Waals surface area contributed by atoms with E-state index in [1.54, 1.807) is 0 Å². The monoisotopic (exact) mass is 373 g/mol. The molecule has 2 rings (SSSR count). The molecule has 0 aliphatic carbocycles. The fourth-order valence-electron chi connectivity index (χ4n) is 1.54. The first-order valence-electron chi connectivity index (χ1n) is 5.45. The molecule has 0 saturated heterocycles. The van der Waals surface area contributed by atoms with Crippen molar-refractivity contribution in [2.45, 2.75) is 0 Å². The van der Waals surface area contributed by atoms with Gasteiger partial charge in [0.2, 0.25) is 0 Å². The van der Waals surface area contributed by atoms with E-state index in [1.165, 1.54) is 12.3 Å². The second-order valence-electron chi connectivity index (χ2n) is 3.87. The van der Waals surface area contributed by atoms with Crippen LogP contribution in [0.5, 0.6) is 0 Å². The molecule has 1 amide bonds. The standard InChI is InChI=1S/C12H6BrClFN3O3/c13-9-4-7(5-16-11(9)14)17-12(19)8-3-6(15)1-2-10(8)18(20)21/h1-5H,(H,17,19). The number of nitro groups is 1. The van der Waals surface area contributed by atoms with Gasteiger partial charge < -0.3 is 5.32 Å². The third-order valence-corrected chi connectivity index (χ3v) is 3.59. The van der Waals surface area contributed by atoms with Gasteiger partial charge in [0.05, 0.1) is 21.3 Å². The fraction of sp³-hybridized carbons (Fsp3) is 0. The lowest BCUT2D eigenvalue weighted by molar-refractivity contribution is -0.385. The van der Waals surface area contributed by atoms with Gasteiger partial charge in [-0.2, -0.15) is 0 Å². The van der Waals surface area contributed by atoms with E-state index in [0.717, 1.165) is 18.2 Å². The van der Waals surface area contributed by atoms with E-state index in [1.807, 2.05) is 0 Å². The van der Waals surface area contributed by atoms with E-state index in [0.29, 0.717) is 4.47 Å². The Kier molecular flexibility index (Phi) is 4.49. The van der Waals surface area contributed by atoms with E-state index in [-0.39, 0.29) is 16.4 Å². The first-order chi connectivity index (χ1) is 9.88. The van der Waals surface area contributed by atoms with Crippen LogP contribution in [0.4, 0.5) is 15.8 Å². The molecule has 21 heavy (non-hydrogen) atoms. The van der Waals surface area contributed by atoms with Crippen molar-refractivity contribution in [3.8, 4) is 0 Å². The van der Waals surface area contributed by atoms with Crippen molar-refractivity contribution in [2.75, 3.05) is 5.32 Å². The molecule has 0 spiro atoms. The Balaban J connectivity index is 2.34. The normalized spacial score (nSPS) is 10.2. The number of nitro benzene ring substituents is 1. The lowest BCUT2D eigenvalue weighted by Crippen LogP contribution is -2.14. The van der Waals surface area contributed by atoms with Crippen molar-refractivity contribution in [3.63, 3.8) is 0 Å². The molecule has 0 bridgehead atoms. The summed E-state index contributed by atoms with van der Waals surface area (Å²) in [6.45, 7) is 0. The molecule has 1 heterocycles. The zero-order valence-corrected chi connectivity index (χ0v) is 12.5. The Bertz CT molecular complexity index is 742. The molecular weight excluding hydrogens is 369 g/mol. The van der Waals surface area contributed by atoms with E-state index in [9.17, 15) is 19.3 Å². The Hall–Kier alpha value is -2.06. The summed E-state index contributed by atoms with van der Waals surface area (Å²) in [5.74, 6) is -1.57. The predicted octanol–water partition coefficient (Wildman–Crippen LogP) is 3.80. The van der Waals surface area contributed by atoms with Crippen molar-refractivity contribution < 1.29 is 14.1 Å². The lowest BCUT2D eigenvalue weighted by atomic mass is 10.1. The average molecular weight is 375 g/mol. The fourth-order valence-corrected chi connectivity index (χ4v) is 1.99. The van der Waals surface area contributed by atoms with Crippen LogP contribution in [0.2, 0.25) is 5.15 Å². The summed E-state index contributed by atoms with van der Waals surface area (Å²) in [5.41, 5.74) is -0.615. The number of nitrogens with zero attached hydrogens (tertiary/aromatic N) is 2. The highest BCUT2D eigenvalue weighted by atomic mass is 79.9. The molecule has 2 aromatic rings. The quantitative estimate of drug-likeness (QED) is 0.503.